The molecule has 0 aliphatic carbocycles. The zero-order valence-corrected chi connectivity index (χ0v) is 9.59. The minimum atomic E-state index is 0.844. The summed E-state index contributed by atoms with van der Waals surface area (Å²) in [5.74, 6) is 0. The highest BCUT2D eigenvalue weighted by Crippen LogP contribution is 1.97. The first-order valence-electron chi connectivity index (χ1n) is 5.47. The summed E-state index contributed by atoms with van der Waals surface area (Å²) in [6.07, 6.45) is 5.69. The maximum Gasteiger partial charge on any atom is 0.0466 e. The van der Waals surface area contributed by atoms with E-state index in [2.05, 4.69) is 0 Å². The summed E-state index contributed by atoms with van der Waals surface area (Å²) in [7, 11) is 3.48. The van der Waals surface area contributed by atoms with Crippen LogP contribution in [0.4, 0.5) is 0 Å². The van der Waals surface area contributed by atoms with Gasteiger partial charge in [-0.05, 0) is 32.1 Å². The van der Waals surface area contributed by atoms with E-state index in [0.717, 1.165) is 52.1 Å². The lowest BCUT2D eigenvalue weighted by Gasteiger charge is -2.03. The molecule has 0 heterocycles. The highest BCUT2D eigenvalue weighted by atomic mass is 16.5. The predicted octanol–water partition coefficient (Wildman–Crippen LogP) is 2.25. The van der Waals surface area contributed by atoms with Crippen molar-refractivity contribution in [1.29, 1.82) is 0 Å². The van der Waals surface area contributed by atoms with Gasteiger partial charge in [0.2, 0.25) is 0 Å². The molecule has 0 aliphatic rings. The summed E-state index contributed by atoms with van der Waals surface area (Å²) < 4.78 is 15.4. The summed E-state index contributed by atoms with van der Waals surface area (Å²) >= 11 is 0. The van der Waals surface area contributed by atoms with Crippen molar-refractivity contribution in [3.63, 3.8) is 0 Å². The van der Waals surface area contributed by atoms with Crippen molar-refractivity contribution in [2.24, 2.45) is 0 Å². The summed E-state index contributed by atoms with van der Waals surface area (Å²) in [6.45, 7) is 3.47. The molecule has 0 fully saturated rings. The average Bonchev–Trinajstić information content (AvgIpc) is 2.21. The zero-order chi connectivity index (χ0) is 10.5. The van der Waals surface area contributed by atoms with Gasteiger partial charge in [-0.1, -0.05) is 0 Å². The fraction of sp³-hybridized carbons (Fsp3) is 1.00. The van der Waals surface area contributed by atoms with E-state index in [4.69, 9.17) is 14.2 Å². The third kappa shape index (κ3) is 11.9. The zero-order valence-electron chi connectivity index (χ0n) is 9.59. The minimum absolute atomic E-state index is 0.844. The monoisotopic (exact) mass is 204 g/mol. The van der Waals surface area contributed by atoms with Crippen LogP contribution in [0.1, 0.15) is 32.1 Å². The number of hydrogen-bond acceptors (Lipinski definition) is 3. The van der Waals surface area contributed by atoms with Gasteiger partial charge < -0.3 is 14.2 Å². The lowest BCUT2D eigenvalue weighted by atomic mass is 10.2. The molecule has 0 atom stereocenters. The Labute approximate surface area is 87.7 Å². The maximum absolute atomic E-state index is 5.46. The Morgan fingerprint density at radius 1 is 0.571 bits per heavy atom. The Bertz CT molecular complexity index is 84.5. The SMILES string of the molecule is COCCCCCOCCCCOC. The summed E-state index contributed by atoms with van der Waals surface area (Å²) in [5, 5.41) is 0. The molecule has 3 nitrogen and oxygen atoms in total. The van der Waals surface area contributed by atoms with E-state index in [0.29, 0.717) is 0 Å². The molecular formula is C11H24O3. The molecular weight excluding hydrogens is 180 g/mol. The van der Waals surface area contributed by atoms with E-state index in [1.165, 1.54) is 6.42 Å². The Hall–Kier alpha value is -0.120. The van der Waals surface area contributed by atoms with Crippen LogP contribution in [0.25, 0.3) is 0 Å². The van der Waals surface area contributed by atoms with Crippen molar-refractivity contribution in [3.05, 3.63) is 0 Å². The molecule has 0 rings (SSSR count). The van der Waals surface area contributed by atoms with Gasteiger partial charge in [0.05, 0.1) is 0 Å². The van der Waals surface area contributed by atoms with Gasteiger partial charge in [0, 0.05) is 40.6 Å². The van der Waals surface area contributed by atoms with Crippen LogP contribution in [0.2, 0.25) is 0 Å². The van der Waals surface area contributed by atoms with E-state index < -0.39 is 0 Å². The molecule has 0 aromatic rings. The van der Waals surface area contributed by atoms with E-state index in [9.17, 15) is 0 Å². The highest BCUT2D eigenvalue weighted by Gasteiger charge is 1.91. The molecule has 0 aliphatic heterocycles. The lowest BCUT2D eigenvalue weighted by molar-refractivity contribution is 0.113. The fourth-order valence-electron chi connectivity index (χ4n) is 1.18. The van der Waals surface area contributed by atoms with Crippen LogP contribution >= 0.6 is 0 Å². The molecule has 0 aromatic heterocycles. The molecule has 3 heteroatoms. The van der Waals surface area contributed by atoms with Crippen molar-refractivity contribution in [3.8, 4) is 0 Å². The molecule has 0 bridgehead atoms. The number of methoxy groups -OCH3 is 2. The number of ether oxygens (including phenoxy) is 3. The highest BCUT2D eigenvalue weighted by molar-refractivity contribution is 4.41. The second-order valence-electron chi connectivity index (χ2n) is 3.37. The number of rotatable bonds is 11. The predicted molar refractivity (Wildman–Crippen MR) is 57.7 cm³/mol. The molecule has 0 spiro atoms. The van der Waals surface area contributed by atoms with Crippen LogP contribution in [-0.2, 0) is 14.2 Å². The summed E-state index contributed by atoms with van der Waals surface area (Å²) in [4.78, 5) is 0. The van der Waals surface area contributed by atoms with Gasteiger partial charge in [0.25, 0.3) is 0 Å². The van der Waals surface area contributed by atoms with Crippen LogP contribution < -0.4 is 0 Å². The second-order valence-corrected chi connectivity index (χ2v) is 3.37. The van der Waals surface area contributed by atoms with Gasteiger partial charge in [-0.2, -0.15) is 0 Å². The Morgan fingerprint density at radius 2 is 1.00 bits per heavy atom. The van der Waals surface area contributed by atoms with Crippen LogP contribution in [-0.4, -0.2) is 40.6 Å². The van der Waals surface area contributed by atoms with Crippen LogP contribution in [0.3, 0.4) is 0 Å². The van der Waals surface area contributed by atoms with E-state index in [-0.39, 0.29) is 0 Å². The Kier molecular flexibility index (Phi) is 12.8. The number of hydrogen-bond donors (Lipinski definition) is 0. The van der Waals surface area contributed by atoms with Crippen molar-refractivity contribution < 1.29 is 14.2 Å². The largest absolute Gasteiger partial charge is 0.385 e. The topological polar surface area (TPSA) is 27.7 Å². The van der Waals surface area contributed by atoms with Gasteiger partial charge in [0.15, 0.2) is 0 Å². The van der Waals surface area contributed by atoms with Crippen molar-refractivity contribution in [2.75, 3.05) is 40.6 Å². The third-order valence-electron chi connectivity index (χ3n) is 2.02. The van der Waals surface area contributed by atoms with Gasteiger partial charge in [0.1, 0.15) is 0 Å². The molecule has 14 heavy (non-hydrogen) atoms. The standard InChI is InChI=1S/C11H24O3/c1-12-8-4-3-5-10-14-11-7-6-9-13-2/h3-11H2,1-2H3. The average molecular weight is 204 g/mol. The smallest absolute Gasteiger partial charge is 0.0466 e. The normalized spacial score (nSPS) is 10.7. The first-order chi connectivity index (χ1) is 6.91. The maximum atomic E-state index is 5.46. The first kappa shape index (κ1) is 13.9. The summed E-state index contributed by atoms with van der Waals surface area (Å²) in [6, 6.07) is 0. The molecule has 0 saturated heterocycles. The van der Waals surface area contributed by atoms with Crippen molar-refractivity contribution >= 4 is 0 Å². The van der Waals surface area contributed by atoms with Crippen LogP contribution in [0.15, 0.2) is 0 Å². The minimum Gasteiger partial charge on any atom is -0.385 e. The number of unbranched alkanes of at least 4 members (excludes halogenated alkanes) is 3. The quantitative estimate of drug-likeness (QED) is 0.483. The van der Waals surface area contributed by atoms with Gasteiger partial charge >= 0.3 is 0 Å². The van der Waals surface area contributed by atoms with Gasteiger partial charge in [-0.25, -0.2) is 0 Å². The van der Waals surface area contributed by atoms with Crippen LogP contribution in [0, 0.1) is 0 Å². The Morgan fingerprint density at radius 3 is 1.57 bits per heavy atom. The van der Waals surface area contributed by atoms with Gasteiger partial charge in [-0.15, -0.1) is 0 Å². The molecule has 0 unspecified atom stereocenters. The fourth-order valence-corrected chi connectivity index (χ4v) is 1.18. The molecule has 0 saturated carbocycles. The van der Waals surface area contributed by atoms with Crippen LogP contribution in [0.5, 0.6) is 0 Å². The second kappa shape index (κ2) is 12.9. The lowest BCUT2D eigenvalue weighted by Crippen LogP contribution is -1.99. The Balaban J connectivity index is 2.78. The molecule has 0 aromatic carbocycles. The molecule has 0 N–H and O–H groups in total. The van der Waals surface area contributed by atoms with E-state index >= 15 is 0 Å². The first-order valence-corrected chi connectivity index (χ1v) is 5.47. The molecule has 0 radical (unpaired) electrons. The molecule has 86 valence electrons. The van der Waals surface area contributed by atoms with Gasteiger partial charge in [-0.3, -0.25) is 0 Å². The third-order valence-corrected chi connectivity index (χ3v) is 2.02. The summed E-state index contributed by atoms with van der Waals surface area (Å²) in [5.41, 5.74) is 0. The van der Waals surface area contributed by atoms with E-state index in [1.54, 1.807) is 14.2 Å². The van der Waals surface area contributed by atoms with E-state index in [1.807, 2.05) is 0 Å². The van der Waals surface area contributed by atoms with Crippen molar-refractivity contribution in [2.45, 2.75) is 32.1 Å². The molecule has 0 amide bonds. The van der Waals surface area contributed by atoms with Crippen molar-refractivity contribution in [1.82, 2.24) is 0 Å².